The van der Waals surface area contributed by atoms with Crippen molar-refractivity contribution < 1.29 is 23.5 Å². The fourth-order valence-electron chi connectivity index (χ4n) is 2.87. The Morgan fingerprint density at radius 2 is 1.73 bits per heavy atom. The number of methoxy groups -OCH3 is 1. The van der Waals surface area contributed by atoms with Gasteiger partial charge in [-0.2, -0.15) is 0 Å². The maximum atomic E-state index is 14.0. The molecule has 2 aromatic rings. The molecular weight excluding hydrogens is 479 g/mol. The molecule has 0 aliphatic heterocycles. The molecule has 0 saturated heterocycles. The van der Waals surface area contributed by atoms with Crippen LogP contribution in [0, 0.1) is 5.82 Å². The van der Waals surface area contributed by atoms with E-state index in [0.29, 0.717) is 15.1 Å². The number of halogens is 3. The lowest BCUT2D eigenvalue weighted by atomic mass is 10.0. The van der Waals surface area contributed by atoms with Gasteiger partial charge in [0.25, 0.3) is 0 Å². The van der Waals surface area contributed by atoms with E-state index < -0.39 is 35.7 Å². The third-order valence-corrected chi connectivity index (χ3v) is 5.32. The summed E-state index contributed by atoms with van der Waals surface area (Å²) in [5, 5.41) is 5.57. The molecule has 0 saturated carbocycles. The van der Waals surface area contributed by atoms with E-state index in [9.17, 15) is 18.8 Å². The molecule has 2 atom stereocenters. The topological polar surface area (TPSA) is 84.5 Å². The van der Waals surface area contributed by atoms with Gasteiger partial charge in [-0.15, -0.1) is 0 Å². The fourth-order valence-corrected chi connectivity index (χ4v) is 3.47. The molecule has 0 aromatic heterocycles. The molecule has 0 heterocycles. The van der Waals surface area contributed by atoms with Gasteiger partial charge in [0.1, 0.15) is 17.9 Å². The van der Waals surface area contributed by atoms with Crippen LogP contribution in [0.5, 0.6) is 0 Å². The lowest BCUT2D eigenvalue weighted by Crippen LogP contribution is -2.53. The van der Waals surface area contributed by atoms with Crippen LogP contribution < -0.4 is 10.6 Å². The smallest absolute Gasteiger partial charge is 0.328 e. The molecule has 0 bridgehead atoms. The van der Waals surface area contributed by atoms with E-state index in [1.807, 2.05) is 0 Å². The normalized spacial score (nSPS) is 12.6. The van der Waals surface area contributed by atoms with Crippen LogP contribution in [0.3, 0.4) is 0 Å². The second-order valence-corrected chi connectivity index (χ2v) is 7.86. The first-order valence-corrected chi connectivity index (χ1v) is 10.2. The first-order chi connectivity index (χ1) is 14.2. The highest BCUT2D eigenvalue weighted by atomic mass is 79.9. The van der Waals surface area contributed by atoms with Crippen molar-refractivity contribution in [1.82, 2.24) is 10.6 Å². The maximum Gasteiger partial charge on any atom is 0.328 e. The standard InChI is InChI=1S/C21H21BrClFN2O4/c1-12(27)25-18(10-13-5-3-4-6-17(13)24)20(28)26-19(21(29)30-2)11-14-9-15(23)7-8-16(14)22/h3-9,18-19H,10-11H2,1-2H3,(H,25,27)(H,26,28)/t18-,19-/m0/s1. The molecule has 160 valence electrons. The van der Waals surface area contributed by atoms with Gasteiger partial charge in [-0.05, 0) is 35.4 Å². The summed E-state index contributed by atoms with van der Waals surface area (Å²) >= 11 is 9.41. The van der Waals surface area contributed by atoms with Crippen LogP contribution >= 0.6 is 27.5 Å². The Hall–Kier alpha value is -2.45. The molecule has 2 rings (SSSR count). The molecule has 2 N–H and O–H groups in total. The molecule has 0 aliphatic rings. The van der Waals surface area contributed by atoms with Gasteiger partial charge >= 0.3 is 5.97 Å². The zero-order valence-electron chi connectivity index (χ0n) is 16.4. The summed E-state index contributed by atoms with van der Waals surface area (Å²) in [5.74, 6) is -2.25. The Kier molecular flexibility index (Phi) is 8.80. The number of ether oxygens (including phenoxy) is 1. The molecule has 0 radical (unpaired) electrons. The first-order valence-electron chi connectivity index (χ1n) is 9.04. The van der Waals surface area contributed by atoms with Crippen molar-refractivity contribution in [3.05, 3.63) is 68.9 Å². The minimum Gasteiger partial charge on any atom is -0.467 e. The van der Waals surface area contributed by atoms with Crippen molar-refractivity contribution >= 4 is 45.3 Å². The summed E-state index contributed by atoms with van der Waals surface area (Å²) in [6.45, 7) is 1.25. The molecule has 0 fully saturated rings. The number of hydrogen-bond donors (Lipinski definition) is 2. The van der Waals surface area contributed by atoms with Gasteiger partial charge in [0.2, 0.25) is 11.8 Å². The van der Waals surface area contributed by atoms with Gasteiger partial charge in [0.05, 0.1) is 7.11 Å². The van der Waals surface area contributed by atoms with Crippen molar-refractivity contribution in [2.75, 3.05) is 7.11 Å². The zero-order chi connectivity index (χ0) is 22.3. The Labute approximate surface area is 187 Å². The number of esters is 1. The molecule has 2 aromatic carbocycles. The zero-order valence-corrected chi connectivity index (χ0v) is 18.7. The highest BCUT2D eigenvalue weighted by Crippen LogP contribution is 2.23. The Balaban J connectivity index is 2.23. The van der Waals surface area contributed by atoms with Crippen LogP contribution in [-0.2, 0) is 32.0 Å². The Morgan fingerprint density at radius 3 is 2.37 bits per heavy atom. The molecule has 9 heteroatoms. The average Bonchev–Trinajstić information content (AvgIpc) is 2.70. The molecule has 0 aliphatic carbocycles. The first kappa shape index (κ1) is 23.8. The summed E-state index contributed by atoms with van der Waals surface area (Å²) in [6, 6.07) is 8.93. The SMILES string of the molecule is COC(=O)[C@H](Cc1cc(Cl)ccc1Br)NC(=O)[C@H](Cc1ccccc1F)NC(C)=O. The highest BCUT2D eigenvalue weighted by Gasteiger charge is 2.28. The fraction of sp³-hybridized carbons (Fsp3) is 0.286. The molecule has 0 spiro atoms. The Morgan fingerprint density at radius 1 is 1.07 bits per heavy atom. The summed E-state index contributed by atoms with van der Waals surface area (Å²) in [7, 11) is 1.21. The van der Waals surface area contributed by atoms with E-state index in [-0.39, 0.29) is 18.4 Å². The van der Waals surface area contributed by atoms with E-state index in [2.05, 4.69) is 26.6 Å². The minimum absolute atomic E-state index is 0.0765. The van der Waals surface area contributed by atoms with Gasteiger partial charge in [-0.1, -0.05) is 45.7 Å². The minimum atomic E-state index is -1.07. The van der Waals surface area contributed by atoms with Crippen molar-refractivity contribution in [3.8, 4) is 0 Å². The number of carbonyl (C=O) groups excluding carboxylic acids is 3. The van der Waals surface area contributed by atoms with E-state index in [1.54, 1.807) is 24.3 Å². The third kappa shape index (κ3) is 6.81. The largest absolute Gasteiger partial charge is 0.467 e. The van der Waals surface area contributed by atoms with Gasteiger partial charge < -0.3 is 15.4 Å². The van der Waals surface area contributed by atoms with Crippen molar-refractivity contribution in [2.24, 2.45) is 0 Å². The van der Waals surface area contributed by atoms with Crippen molar-refractivity contribution in [2.45, 2.75) is 31.8 Å². The number of rotatable bonds is 8. The highest BCUT2D eigenvalue weighted by molar-refractivity contribution is 9.10. The molecule has 30 heavy (non-hydrogen) atoms. The Bertz CT molecular complexity index is 941. The van der Waals surface area contributed by atoms with E-state index in [4.69, 9.17) is 16.3 Å². The quantitative estimate of drug-likeness (QED) is 0.547. The van der Waals surface area contributed by atoms with E-state index in [1.165, 1.54) is 32.2 Å². The summed E-state index contributed by atoms with van der Waals surface area (Å²) in [4.78, 5) is 36.7. The van der Waals surface area contributed by atoms with Gasteiger partial charge in [-0.25, -0.2) is 9.18 Å². The predicted molar refractivity (Wildman–Crippen MR) is 115 cm³/mol. The monoisotopic (exact) mass is 498 g/mol. The summed E-state index contributed by atoms with van der Waals surface area (Å²) in [5.41, 5.74) is 0.946. The van der Waals surface area contributed by atoms with Crippen LogP contribution in [0.4, 0.5) is 4.39 Å². The lowest BCUT2D eigenvalue weighted by molar-refractivity contribution is -0.145. The average molecular weight is 500 g/mol. The maximum absolute atomic E-state index is 14.0. The number of carbonyl (C=O) groups is 3. The number of hydrogen-bond acceptors (Lipinski definition) is 4. The number of nitrogens with one attached hydrogen (secondary N) is 2. The van der Waals surface area contributed by atoms with Gasteiger partial charge in [0, 0.05) is 29.3 Å². The lowest BCUT2D eigenvalue weighted by Gasteiger charge is -2.22. The van der Waals surface area contributed by atoms with Gasteiger partial charge in [-0.3, -0.25) is 9.59 Å². The molecule has 2 amide bonds. The van der Waals surface area contributed by atoms with E-state index in [0.717, 1.165) is 0 Å². The van der Waals surface area contributed by atoms with Crippen LogP contribution in [0.15, 0.2) is 46.9 Å². The molecule has 0 unspecified atom stereocenters. The van der Waals surface area contributed by atoms with Crippen LogP contribution in [-0.4, -0.2) is 37.0 Å². The van der Waals surface area contributed by atoms with Crippen LogP contribution in [0.1, 0.15) is 18.1 Å². The molecule has 6 nitrogen and oxygen atoms in total. The number of benzene rings is 2. The summed E-state index contributed by atoms with van der Waals surface area (Å²) < 4.78 is 19.5. The van der Waals surface area contributed by atoms with Crippen molar-refractivity contribution in [1.29, 1.82) is 0 Å². The second kappa shape index (κ2) is 11.1. The second-order valence-electron chi connectivity index (χ2n) is 6.57. The third-order valence-electron chi connectivity index (χ3n) is 4.31. The van der Waals surface area contributed by atoms with Crippen LogP contribution in [0.25, 0.3) is 0 Å². The van der Waals surface area contributed by atoms with Crippen LogP contribution in [0.2, 0.25) is 5.02 Å². The van der Waals surface area contributed by atoms with E-state index >= 15 is 0 Å². The van der Waals surface area contributed by atoms with Crippen molar-refractivity contribution in [3.63, 3.8) is 0 Å². The summed E-state index contributed by atoms with van der Waals surface area (Å²) in [6.07, 6.45) is 0.0267. The number of amides is 2. The molecular formula is C21H21BrClFN2O4. The predicted octanol–water partition coefficient (Wildman–Crippen LogP) is 3.19. The van der Waals surface area contributed by atoms with Gasteiger partial charge in [0.15, 0.2) is 0 Å².